The largest absolute Gasteiger partial charge is 0.361 e. The van der Waals surface area contributed by atoms with Crippen molar-refractivity contribution in [3.63, 3.8) is 0 Å². The molecule has 1 aromatic heterocycles. The number of nitrogens with zero attached hydrogens (tertiary/aromatic N) is 1. The van der Waals surface area contributed by atoms with E-state index in [0.29, 0.717) is 0 Å². The molecule has 0 bridgehead atoms. The second-order valence-electron chi connectivity index (χ2n) is 5.05. The minimum absolute atomic E-state index is 0. The summed E-state index contributed by atoms with van der Waals surface area (Å²) >= 11 is 0. The number of nitrogens with one attached hydrogen (secondary N) is 3. The fraction of sp³-hybridized carbons (Fsp3) is 0.400. The van der Waals surface area contributed by atoms with E-state index in [0.717, 1.165) is 38.4 Å². The zero-order valence-corrected chi connectivity index (χ0v) is 14.0. The Hall–Kier alpha value is -1.24. The number of aromatic nitrogens is 1. The number of benzene rings is 1. The molecule has 1 aliphatic heterocycles. The summed E-state index contributed by atoms with van der Waals surface area (Å²) in [5, 5.41) is 7.96. The molecule has 0 unspecified atom stereocenters. The van der Waals surface area contributed by atoms with Gasteiger partial charge in [0.2, 0.25) is 0 Å². The van der Waals surface area contributed by atoms with E-state index >= 15 is 0 Å². The summed E-state index contributed by atoms with van der Waals surface area (Å²) in [6.45, 7) is 4.99. The number of rotatable bonds is 3. The number of aryl methyl sites for hydroxylation is 1. The molecule has 0 radical (unpaired) electrons. The van der Waals surface area contributed by atoms with Gasteiger partial charge in [0, 0.05) is 36.7 Å². The number of guanidine groups is 1. The van der Waals surface area contributed by atoms with Gasteiger partial charge in [-0.25, -0.2) is 0 Å². The van der Waals surface area contributed by atoms with Gasteiger partial charge in [-0.3, -0.25) is 4.99 Å². The molecule has 0 atom stereocenters. The lowest BCUT2D eigenvalue weighted by atomic mass is 10.1. The predicted molar refractivity (Wildman–Crippen MR) is 95.1 cm³/mol. The summed E-state index contributed by atoms with van der Waals surface area (Å²) in [7, 11) is 0. The molecule has 0 aliphatic carbocycles. The van der Waals surface area contributed by atoms with Crippen molar-refractivity contribution in [3.8, 4) is 0 Å². The number of hydrogen-bond acceptors (Lipinski definition) is 3. The van der Waals surface area contributed by atoms with Crippen molar-refractivity contribution in [3.05, 3.63) is 35.5 Å². The van der Waals surface area contributed by atoms with Crippen LogP contribution in [0, 0.1) is 6.92 Å². The predicted octanol–water partition coefficient (Wildman–Crippen LogP) is 2.58. The van der Waals surface area contributed by atoms with E-state index in [1.807, 2.05) is 0 Å². The molecular weight excluding hydrogens is 363 g/mol. The third kappa shape index (κ3) is 3.45. The van der Waals surface area contributed by atoms with Crippen LogP contribution >= 0.6 is 24.0 Å². The molecule has 0 fully saturated rings. The number of H-pyrrole nitrogens is 1. The van der Waals surface area contributed by atoms with Gasteiger partial charge >= 0.3 is 0 Å². The average molecular weight is 384 g/mol. The fourth-order valence-corrected chi connectivity index (χ4v) is 2.47. The molecule has 3 N–H and O–H groups in total. The summed E-state index contributed by atoms with van der Waals surface area (Å²) in [5.41, 5.74) is 3.88. The maximum atomic E-state index is 4.41. The molecule has 0 amide bonds. The highest BCUT2D eigenvalue weighted by Crippen LogP contribution is 2.19. The normalized spacial score (nSPS) is 14.3. The standard InChI is InChI=1S/C15H20N4.HI/c1-11-3-4-13-12(10-19-14(13)9-11)5-8-18-15-16-6-2-7-17-15;/h3-4,9-10,19H,2,5-8H2,1H3,(H2,16,17,18);1H. The van der Waals surface area contributed by atoms with Crippen LogP contribution in [0.2, 0.25) is 0 Å². The molecule has 2 aromatic rings. The van der Waals surface area contributed by atoms with E-state index in [-0.39, 0.29) is 24.0 Å². The average Bonchev–Trinajstić information content (AvgIpc) is 2.82. The Morgan fingerprint density at radius 3 is 3.05 bits per heavy atom. The highest BCUT2D eigenvalue weighted by Gasteiger charge is 2.05. The van der Waals surface area contributed by atoms with E-state index in [9.17, 15) is 0 Å². The van der Waals surface area contributed by atoms with E-state index in [1.165, 1.54) is 22.0 Å². The quantitative estimate of drug-likeness (QED) is 0.713. The van der Waals surface area contributed by atoms with E-state index in [4.69, 9.17) is 0 Å². The lowest BCUT2D eigenvalue weighted by molar-refractivity contribution is 0.700. The number of aliphatic imine (C=N–C) groups is 1. The topological polar surface area (TPSA) is 52.2 Å². The second-order valence-corrected chi connectivity index (χ2v) is 5.05. The van der Waals surface area contributed by atoms with E-state index < -0.39 is 0 Å². The Kier molecular flexibility index (Phi) is 5.28. The Labute approximate surface area is 136 Å². The van der Waals surface area contributed by atoms with Crippen molar-refractivity contribution in [1.82, 2.24) is 15.6 Å². The maximum absolute atomic E-state index is 4.41. The van der Waals surface area contributed by atoms with Gasteiger partial charge in [-0.2, -0.15) is 0 Å². The Morgan fingerprint density at radius 1 is 1.35 bits per heavy atom. The van der Waals surface area contributed by atoms with Crippen LogP contribution in [-0.4, -0.2) is 30.6 Å². The van der Waals surface area contributed by atoms with Gasteiger partial charge in [0.15, 0.2) is 5.96 Å². The van der Waals surface area contributed by atoms with Gasteiger partial charge in [-0.05, 0) is 37.0 Å². The number of fused-ring (bicyclic) bond motifs is 1. The third-order valence-corrected chi connectivity index (χ3v) is 3.51. The van der Waals surface area contributed by atoms with Crippen molar-refractivity contribution >= 4 is 40.8 Å². The minimum Gasteiger partial charge on any atom is -0.361 e. The number of halogens is 1. The monoisotopic (exact) mass is 384 g/mol. The van der Waals surface area contributed by atoms with Crippen LogP contribution < -0.4 is 10.6 Å². The van der Waals surface area contributed by atoms with E-state index in [1.54, 1.807) is 0 Å². The highest BCUT2D eigenvalue weighted by molar-refractivity contribution is 14.0. The number of aromatic amines is 1. The van der Waals surface area contributed by atoms with Crippen LogP contribution in [0.25, 0.3) is 10.9 Å². The van der Waals surface area contributed by atoms with Crippen molar-refractivity contribution in [1.29, 1.82) is 0 Å². The van der Waals surface area contributed by atoms with Gasteiger partial charge in [0.05, 0.1) is 0 Å². The third-order valence-electron chi connectivity index (χ3n) is 3.51. The van der Waals surface area contributed by atoms with Gasteiger partial charge in [-0.1, -0.05) is 12.1 Å². The van der Waals surface area contributed by atoms with Crippen LogP contribution in [0.15, 0.2) is 29.4 Å². The van der Waals surface area contributed by atoms with Gasteiger partial charge in [-0.15, -0.1) is 24.0 Å². The molecule has 5 heteroatoms. The highest BCUT2D eigenvalue weighted by atomic mass is 127. The first-order valence-corrected chi connectivity index (χ1v) is 6.92. The summed E-state index contributed by atoms with van der Waals surface area (Å²) < 4.78 is 0. The SMILES string of the molecule is Cc1ccc2c(CCNC3=NCCCN3)c[nH]c2c1.I. The molecule has 1 aliphatic rings. The zero-order valence-electron chi connectivity index (χ0n) is 11.7. The second kappa shape index (κ2) is 6.97. The van der Waals surface area contributed by atoms with Crippen LogP contribution in [-0.2, 0) is 6.42 Å². The minimum atomic E-state index is 0. The molecule has 1 aromatic carbocycles. The Balaban J connectivity index is 0.00000147. The van der Waals surface area contributed by atoms with Crippen molar-refractivity contribution in [2.75, 3.05) is 19.6 Å². The van der Waals surface area contributed by atoms with Crippen molar-refractivity contribution < 1.29 is 0 Å². The molecular formula is C15H21IN4. The molecule has 3 rings (SSSR count). The van der Waals surface area contributed by atoms with Crippen molar-refractivity contribution in [2.24, 2.45) is 4.99 Å². The zero-order chi connectivity index (χ0) is 13.1. The summed E-state index contributed by atoms with van der Waals surface area (Å²) in [6.07, 6.45) is 4.25. The Morgan fingerprint density at radius 2 is 2.25 bits per heavy atom. The molecule has 108 valence electrons. The first-order valence-electron chi connectivity index (χ1n) is 6.92. The fourth-order valence-electron chi connectivity index (χ4n) is 2.47. The lowest BCUT2D eigenvalue weighted by Gasteiger charge is -2.15. The van der Waals surface area contributed by atoms with Crippen LogP contribution in [0.3, 0.4) is 0 Å². The Bertz CT molecular complexity index is 603. The van der Waals surface area contributed by atoms with Crippen LogP contribution in [0.5, 0.6) is 0 Å². The first kappa shape index (κ1) is 15.2. The molecule has 0 saturated carbocycles. The van der Waals surface area contributed by atoms with Gasteiger partial charge in [0.25, 0.3) is 0 Å². The summed E-state index contributed by atoms with van der Waals surface area (Å²) in [5.74, 6) is 0.946. The van der Waals surface area contributed by atoms with Crippen LogP contribution in [0.1, 0.15) is 17.5 Å². The molecule has 0 saturated heterocycles. The molecule has 0 spiro atoms. The maximum Gasteiger partial charge on any atom is 0.191 e. The summed E-state index contributed by atoms with van der Waals surface area (Å²) in [4.78, 5) is 7.75. The van der Waals surface area contributed by atoms with Gasteiger partial charge < -0.3 is 15.6 Å². The van der Waals surface area contributed by atoms with Crippen molar-refractivity contribution in [2.45, 2.75) is 19.8 Å². The first-order chi connectivity index (χ1) is 9.33. The summed E-state index contributed by atoms with van der Waals surface area (Å²) in [6, 6.07) is 6.56. The van der Waals surface area contributed by atoms with E-state index in [2.05, 4.69) is 51.9 Å². The molecule has 2 heterocycles. The van der Waals surface area contributed by atoms with Crippen LogP contribution in [0.4, 0.5) is 0 Å². The smallest absolute Gasteiger partial charge is 0.191 e. The lowest BCUT2D eigenvalue weighted by Crippen LogP contribution is -2.41. The molecule has 20 heavy (non-hydrogen) atoms. The van der Waals surface area contributed by atoms with Gasteiger partial charge in [0.1, 0.15) is 0 Å². The number of hydrogen-bond donors (Lipinski definition) is 3. The molecule has 4 nitrogen and oxygen atoms in total.